The number of urea groups is 1. The summed E-state index contributed by atoms with van der Waals surface area (Å²) in [6.45, 7) is 4.29. The summed E-state index contributed by atoms with van der Waals surface area (Å²) < 4.78 is 36.5. The second kappa shape index (κ2) is 7.08. The number of nitrogens with zero attached hydrogens (tertiary/aromatic N) is 1. The summed E-state index contributed by atoms with van der Waals surface area (Å²) in [6.07, 6.45) is -1.02. The third kappa shape index (κ3) is 4.29. The average molecular weight is 377 g/mol. The maximum atomic E-state index is 12.7. The fourth-order valence-corrected chi connectivity index (χ4v) is 3.74. The van der Waals surface area contributed by atoms with Crippen molar-refractivity contribution in [3.05, 3.63) is 0 Å². The molecule has 0 radical (unpaired) electrons. The zero-order valence-electron chi connectivity index (χ0n) is 15.3. The standard InChI is InChI=1S/C17H26F3N3O3/c1-4-15(2,3)11-5-7-16(8-6-11)13(25)23(14(26)22-16)9-12(24)21-10-17(18,19)20/h11H,4-10H2,1-3H3,(H,21,24)(H,22,26). The van der Waals surface area contributed by atoms with Crippen LogP contribution in [0.4, 0.5) is 18.0 Å². The maximum Gasteiger partial charge on any atom is 0.405 e. The predicted octanol–water partition coefficient (Wildman–Crippen LogP) is 2.58. The Kier molecular flexibility index (Phi) is 5.58. The smallest absolute Gasteiger partial charge is 0.345 e. The Balaban J connectivity index is 1.98. The Bertz CT molecular complexity index is 582. The normalized spacial score (nSPS) is 27.0. The summed E-state index contributed by atoms with van der Waals surface area (Å²) in [5.74, 6) is -1.09. The highest BCUT2D eigenvalue weighted by Crippen LogP contribution is 2.45. The number of carbonyl (C=O) groups is 3. The molecule has 6 nitrogen and oxygen atoms in total. The van der Waals surface area contributed by atoms with Crippen molar-refractivity contribution in [1.29, 1.82) is 0 Å². The molecular formula is C17H26F3N3O3. The van der Waals surface area contributed by atoms with Gasteiger partial charge in [-0.15, -0.1) is 0 Å². The van der Waals surface area contributed by atoms with Gasteiger partial charge in [-0.3, -0.25) is 14.5 Å². The molecule has 0 bridgehead atoms. The summed E-state index contributed by atoms with van der Waals surface area (Å²) >= 11 is 0. The number of nitrogens with one attached hydrogen (secondary N) is 2. The van der Waals surface area contributed by atoms with Crippen LogP contribution in [0.1, 0.15) is 52.9 Å². The molecule has 9 heteroatoms. The second-order valence-electron chi connectivity index (χ2n) is 7.91. The van der Waals surface area contributed by atoms with E-state index in [-0.39, 0.29) is 5.41 Å². The molecule has 2 rings (SSSR count). The molecule has 0 atom stereocenters. The van der Waals surface area contributed by atoms with Crippen molar-refractivity contribution in [3.8, 4) is 0 Å². The molecule has 148 valence electrons. The molecule has 4 amide bonds. The van der Waals surface area contributed by atoms with Gasteiger partial charge >= 0.3 is 12.2 Å². The highest BCUT2D eigenvalue weighted by molar-refractivity contribution is 6.09. The lowest BCUT2D eigenvalue weighted by Crippen LogP contribution is -2.51. The van der Waals surface area contributed by atoms with Crippen molar-refractivity contribution in [2.45, 2.75) is 64.6 Å². The maximum absolute atomic E-state index is 12.7. The van der Waals surface area contributed by atoms with Gasteiger partial charge in [-0.05, 0) is 37.0 Å². The first-order valence-corrected chi connectivity index (χ1v) is 8.88. The first kappa shape index (κ1) is 20.5. The van der Waals surface area contributed by atoms with Gasteiger partial charge in [-0.1, -0.05) is 27.2 Å². The molecule has 1 spiro atoms. The van der Waals surface area contributed by atoms with Gasteiger partial charge in [0, 0.05) is 0 Å². The SMILES string of the molecule is CCC(C)(C)C1CCC2(CC1)NC(=O)N(CC(=O)NCC(F)(F)F)C2=O. The van der Waals surface area contributed by atoms with Crippen molar-refractivity contribution < 1.29 is 27.6 Å². The average Bonchev–Trinajstić information content (AvgIpc) is 2.77. The van der Waals surface area contributed by atoms with Gasteiger partial charge in [0.2, 0.25) is 5.91 Å². The molecule has 1 aliphatic heterocycles. The van der Waals surface area contributed by atoms with Crippen LogP contribution in [0, 0.1) is 11.3 Å². The molecule has 26 heavy (non-hydrogen) atoms. The number of alkyl halides is 3. The van der Waals surface area contributed by atoms with Crippen molar-refractivity contribution in [1.82, 2.24) is 15.5 Å². The fraction of sp³-hybridized carbons (Fsp3) is 0.824. The lowest BCUT2D eigenvalue weighted by molar-refractivity contribution is -0.141. The van der Waals surface area contributed by atoms with Crippen LogP contribution in [0.5, 0.6) is 0 Å². The van der Waals surface area contributed by atoms with Crippen LogP contribution < -0.4 is 10.6 Å². The van der Waals surface area contributed by atoms with E-state index in [4.69, 9.17) is 0 Å². The van der Waals surface area contributed by atoms with Gasteiger partial charge in [0.15, 0.2) is 0 Å². The Morgan fingerprint density at radius 3 is 2.35 bits per heavy atom. The van der Waals surface area contributed by atoms with Crippen LogP contribution in [-0.2, 0) is 9.59 Å². The third-order valence-electron chi connectivity index (χ3n) is 5.89. The van der Waals surface area contributed by atoms with E-state index in [1.807, 2.05) is 0 Å². The quantitative estimate of drug-likeness (QED) is 0.723. The summed E-state index contributed by atoms with van der Waals surface area (Å²) in [7, 11) is 0. The molecule has 1 heterocycles. The van der Waals surface area contributed by atoms with E-state index in [2.05, 4.69) is 26.1 Å². The van der Waals surface area contributed by atoms with Crippen molar-refractivity contribution in [2.75, 3.05) is 13.1 Å². The lowest BCUT2D eigenvalue weighted by atomic mass is 9.65. The minimum atomic E-state index is -4.54. The van der Waals surface area contributed by atoms with Gasteiger partial charge in [-0.2, -0.15) is 13.2 Å². The van der Waals surface area contributed by atoms with Crippen LogP contribution in [0.15, 0.2) is 0 Å². The number of hydrogen-bond acceptors (Lipinski definition) is 3. The van der Waals surface area contributed by atoms with E-state index < -0.39 is 42.7 Å². The second-order valence-corrected chi connectivity index (χ2v) is 7.91. The van der Waals surface area contributed by atoms with Gasteiger partial charge in [-0.25, -0.2) is 4.79 Å². The molecule has 0 aromatic rings. The van der Waals surface area contributed by atoms with E-state index in [0.29, 0.717) is 18.8 Å². The summed E-state index contributed by atoms with van der Waals surface area (Å²) in [5, 5.41) is 4.35. The zero-order chi connectivity index (χ0) is 19.8. The molecule has 2 aliphatic rings. The Labute approximate surface area is 150 Å². The number of rotatable bonds is 5. The lowest BCUT2D eigenvalue weighted by Gasteiger charge is -2.42. The van der Waals surface area contributed by atoms with Crippen molar-refractivity contribution >= 4 is 17.8 Å². The Hall–Kier alpha value is -1.80. The highest BCUT2D eigenvalue weighted by Gasteiger charge is 2.53. The van der Waals surface area contributed by atoms with E-state index in [0.717, 1.165) is 24.2 Å². The van der Waals surface area contributed by atoms with Crippen LogP contribution in [0.25, 0.3) is 0 Å². The number of imide groups is 1. The number of halogens is 3. The molecular weight excluding hydrogens is 351 g/mol. The molecule has 1 saturated heterocycles. The molecule has 0 unspecified atom stereocenters. The van der Waals surface area contributed by atoms with Gasteiger partial charge in [0.25, 0.3) is 5.91 Å². The monoisotopic (exact) mass is 377 g/mol. The summed E-state index contributed by atoms with van der Waals surface area (Å²) in [5.41, 5.74) is -0.883. The highest BCUT2D eigenvalue weighted by atomic mass is 19.4. The van der Waals surface area contributed by atoms with Crippen LogP contribution in [-0.4, -0.2) is 47.6 Å². The number of carbonyl (C=O) groups excluding carboxylic acids is 3. The minimum Gasteiger partial charge on any atom is -0.345 e. The van der Waals surface area contributed by atoms with Crippen molar-refractivity contribution in [3.63, 3.8) is 0 Å². The van der Waals surface area contributed by atoms with Crippen LogP contribution in [0.3, 0.4) is 0 Å². The van der Waals surface area contributed by atoms with E-state index >= 15 is 0 Å². The van der Waals surface area contributed by atoms with Gasteiger partial charge in [0.1, 0.15) is 18.6 Å². The van der Waals surface area contributed by atoms with Crippen LogP contribution >= 0.6 is 0 Å². The zero-order valence-corrected chi connectivity index (χ0v) is 15.3. The summed E-state index contributed by atoms with van der Waals surface area (Å²) in [4.78, 5) is 37.2. The number of amides is 4. The molecule has 2 fully saturated rings. The minimum absolute atomic E-state index is 0.143. The molecule has 0 aromatic carbocycles. The largest absolute Gasteiger partial charge is 0.405 e. The summed E-state index contributed by atoms with van der Waals surface area (Å²) in [6, 6.07) is -0.717. The predicted molar refractivity (Wildman–Crippen MR) is 88.1 cm³/mol. The van der Waals surface area contributed by atoms with Gasteiger partial charge < -0.3 is 10.6 Å². The van der Waals surface area contributed by atoms with Gasteiger partial charge in [0.05, 0.1) is 0 Å². The first-order chi connectivity index (χ1) is 11.9. The first-order valence-electron chi connectivity index (χ1n) is 8.88. The van der Waals surface area contributed by atoms with Crippen molar-refractivity contribution in [2.24, 2.45) is 11.3 Å². The topological polar surface area (TPSA) is 78.5 Å². The molecule has 1 saturated carbocycles. The van der Waals surface area contributed by atoms with Crippen LogP contribution in [0.2, 0.25) is 0 Å². The fourth-order valence-electron chi connectivity index (χ4n) is 3.74. The van der Waals surface area contributed by atoms with E-state index in [1.54, 1.807) is 5.32 Å². The molecule has 1 aliphatic carbocycles. The third-order valence-corrected chi connectivity index (χ3v) is 5.89. The van der Waals surface area contributed by atoms with E-state index in [9.17, 15) is 27.6 Å². The Morgan fingerprint density at radius 2 is 1.85 bits per heavy atom. The molecule has 0 aromatic heterocycles. The molecule has 2 N–H and O–H groups in total. The Morgan fingerprint density at radius 1 is 1.27 bits per heavy atom. The number of hydrogen-bond donors (Lipinski definition) is 2. The van der Waals surface area contributed by atoms with E-state index in [1.165, 1.54) is 0 Å².